The molecule has 2 aliphatic heterocycles. The molecule has 1 saturated carbocycles. The van der Waals surface area contributed by atoms with Crippen LogP contribution in [0, 0.1) is 5.92 Å². The Hall–Kier alpha value is -2.67. The minimum Gasteiger partial charge on any atom is -0.338 e. The van der Waals surface area contributed by atoms with E-state index < -0.39 is 6.04 Å². The van der Waals surface area contributed by atoms with Gasteiger partial charge in [0.1, 0.15) is 6.04 Å². The molecule has 3 aliphatic rings. The first-order valence-corrected chi connectivity index (χ1v) is 10.1. The number of piperazine rings is 1. The van der Waals surface area contributed by atoms with Crippen molar-refractivity contribution < 1.29 is 14.4 Å². The number of hydrogen-bond acceptors (Lipinski definition) is 4. The fourth-order valence-corrected chi connectivity index (χ4v) is 4.56. The Balaban J connectivity index is 1.46. The Labute approximate surface area is 160 Å². The maximum atomic E-state index is 13.2. The molecule has 0 unspecified atom stereocenters. The molecule has 1 N–H and O–H groups in total. The van der Waals surface area contributed by atoms with Gasteiger partial charge in [-0.1, -0.05) is 12.1 Å². The monoisotopic (exact) mass is 381 g/mol. The van der Waals surface area contributed by atoms with E-state index in [2.05, 4.69) is 5.32 Å². The number of nitrogens with zero attached hydrogens (tertiary/aromatic N) is 2. The van der Waals surface area contributed by atoms with Crippen LogP contribution >= 0.6 is 11.3 Å². The Morgan fingerprint density at radius 1 is 1.15 bits per heavy atom. The molecule has 3 amide bonds. The van der Waals surface area contributed by atoms with Crippen molar-refractivity contribution in [1.29, 1.82) is 0 Å². The summed E-state index contributed by atoms with van der Waals surface area (Å²) in [5, 5.41) is 4.89. The van der Waals surface area contributed by atoms with Crippen molar-refractivity contribution in [2.45, 2.75) is 18.9 Å². The Kier molecular flexibility index (Phi) is 3.79. The van der Waals surface area contributed by atoms with Gasteiger partial charge in [0.2, 0.25) is 11.8 Å². The molecule has 1 saturated heterocycles. The summed E-state index contributed by atoms with van der Waals surface area (Å²) in [7, 11) is 0. The number of amides is 3. The van der Waals surface area contributed by atoms with Crippen molar-refractivity contribution in [3.8, 4) is 10.4 Å². The summed E-state index contributed by atoms with van der Waals surface area (Å²) in [4.78, 5) is 42.8. The fraction of sp³-hybridized carbons (Fsp3) is 0.350. The number of thiophene rings is 1. The predicted molar refractivity (Wildman–Crippen MR) is 103 cm³/mol. The van der Waals surface area contributed by atoms with Crippen LogP contribution in [0.3, 0.4) is 0 Å². The number of rotatable bonds is 2. The Bertz CT molecular complexity index is 936. The highest BCUT2D eigenvalue weighted by Crippen LogP contribution is 2.34. The van der Waals surface area contributed by atoms with E-state index in [9.17, 15) is 14.4 Å². The van der Waals surface area contributed by atoms with Crippen molar-refractivity contribution >= 4 is 34.7 Å². The number of fused-ring (bicyclic) bond motifs is 2. The van der Waals surface area contributed by atoms with Crippen LogP contribution in [0.5, 0.6) is 0 Å². The number of nitrogens with one attached hydrogen (secondary N) is 1. The first-order valence-electron chi connectivity index (χ1n) is 9.20. The molecule has 0 radical (unpaired) electrons. The van der Waals surface area contributed by atoms with Crippen LogP contribution in [0.25, 0.3) is 10.4 Å². The summed E-state index contributed by atoms with van der Waals surface area (Å²) in [6.07, 6.45) is 1.87. The summed E-state index contributed by atoms with van der Waals surface area (Å²) in [6.45, 7) is 1.15. The quantitative estimate of drug-likeness (QED) is 0.869. The summed E-state index contributed by atoms with van der Waals surface area (Å²) in [5.74, 6) is -0.132. The van der Waals surface area contributed by atoms with Gasteiger partial charge in [-0.05, 0) is 42.0 Å². The van der Waals surface area contributed by atoms with Gasteiger partial charge in [0.25, 0.3) is 5.91 Å². The first kappa shape index (κ1) is 16.5. The van der Waals surface area contributed by atoms with Crippen molar-refractivity contribution in [1.82, 2.24) is 9.80 Å². The van der Waals surface area contributed by atoms with Crippen molar-refractivity contribution in [2.24, 2.45) is 5.92 Å². The standard InChI is InChI=1S/C20H19N3O3S/c24-18-16-11-22(19(25)12-3-4-12)7-8-23(16)20(26)14-10-13(5-6-15(14)21-18)17-2-1-9-27-17/h1-2,5-6,9-10,12,16H,3-4,7-8,11H2,(H,21,24)/t16-/m1/s1. The summed E-state index contributed by atoms with van der Waals surface area (Å²) in [6, 6.07) is 8.93. The molecule has 138 valence electrons. The van der Waals surface area contributed by atoms with Gasteiger partial charge in [-0.25, -0.2) is 0 Å². The molecular weight excluding hydrogens is 362 g/mol. The molecule has 0 bridgehead atoms. The van der Waals surface area contributed by atoms with E-state index >= 15 is 0 Å². The van der Waals surface area contributed by atoms with Gasteiger partial charge in [-0.15, -0.1) is 11.3 Å². The van der Waals surface area contributed by atoms with Crippen LogP contribution in [0.4, 0.5) is 5.69 Å². The third-order valence-corrected chi connectivity index (χ3v) is 6.41. The highest BCUT2D eigenvalue weighted by Gasteiger charge is 2.43. The van der Waals surface area contributed by atoms with E-state index in [1.54, 1.807) is 27.2 Å². The molecule has 7 heteroatoms. The molecule has 5 rings (SSSR count). The number of carbonyl (C=O) groups excluding carboxylic acids is 3. The minimum atomic E-state index is -0.633. The Morgan fingerprint density at radius 2 is 2.00 bits per heavy atom. The molecule has 1 atom stereocenters. The molecule has 1 aromatic carbocycles. The van der Waals surface area contributed by atoms with E-state index in [-0.39, 0.29) is 30.2 Å². The van der Waals surface area contributed by atoms with Crippen molar-refractivity contribution in [3.05, 3.63) is 41.3 Å². The SMILES string of the molecule is O=C1Nc2ccc(-c3cccs3)cc2C(=O)N2CCN(C(=O)C3CC3)C[C@H]12. The fourth-order valence-electron chi connectivity index (χ4n) is 3.84. The Morgan fingerprint density at radius 3 is 2.74 bits per heavy atom. The second kappa shape index (κ2) is 6.20. The van der Waals surface area contributed by atoms with E-state index in [1.165, 1.54) is 0 Å². The topological polar surface area (TPSA) is 69.7 Å². The van der Waals surface area contributed by atoms with Gasteiger partial charge in [0, 0.05) is 23.9 Å². The molecule has 6 nitrogen and oxygen atoms in total. The molecule has 1 aromatic heterocycles. The van der Waals surface area contributed by atoms with E-state index in [1.807, 2.05) is 29.6 Å². The summed E-state index contributed by atoms with van der Waals surface area (Å²) >= 11 is 1.61. The average Bonchev–Trinajstić information content (AvgIpc) is 3.41. The van der Waals surface area contributed by atoms with Crippen LogP contribution in [-0.2, 0) is 9.59 Å². The summed E-state index contributed by atoms with van der Waals surface area (Å²) in [5.41, 5.74) is 2.02. The van der Waals surface area contributed by atoms with Crippen LogP contribution in [0.15, 0.2) is 35.7 Å². The third-order valence-electron chi connectivity index (χ3n) is 5.50. The molecule has 1 aliphatic carbocycles. The number of hydrogen-bond donors (Lipinski definition) is 1. The summed E-state index contributed by atoms with van der Waals surface area (Å²) < 4.78 is 0. The third kappa shape index (κ3) is 2.82. The zero-order valence-corrected chi connectivity index (χ0v) is 15.5. The van der Waals surface area contributed by atoms with E-state index in [0.29, 0.717) is 24.3 Å². The number of benzene rings is 1. The van der Waals surface area contributed by atoms with Crippen LogP contribution in [0.1, 0.15) is 23.2 Å². The second-order valence-corrected chi connectivity index (χ2v) is 8.25. The number of anilines is 1. The van der Waals surface area contributed by atoms with Gasteiger partial charge in [0.05, 0.1) is 17.8 Å². The van der Waals surface area contributed by atoms with Crippen LogP contribution < -0.4 is 5.32 Å². The van der Waals surface area contributed by atoms with Gasteiger partial charge in [-0.3, -0.25) is 14.4 Å². The smallest absolute Gasteiger partial charge is 0.256 e. The zero-order valence-electron chi connectivity index (χ0n) is 14.7. The largest absolute Gasteiger partial charge is 0.338 e. The molecule has 3 heterocycles. The average molecular weight is 381 g/mol. The lowest BCUT2D eigenvalue weighted by atomic mass is 10.1. The second-order valence-electron chi connectivity index (χ2n) is 7.30. The molecule has 2 fully saturated rings. The minimum absolute atomic E-state index is 0.117. The maximum absolute atomic E-state index is 13.2. The number of carbonyl (C=O) groups is 3. The van der Waals surface area contributed by atoms with Gasteiger partial charge < -0.3 is 15.1 Å². The van der Waals surface area contributed by atoms with Gasteiger partial charge in [0.15, 0.2) is 0 Å². The molecule has 2 aromatic rings. The lowest BCUT2D eigenvalue weighted by Gasteiger charge is -2.39. The highest BCUT2D eigenvalue weighted by atomic mass is 32.1. The van der Waals surface area contributed by atoms with Crippen molar-refractivity contribution in [3.63, 3.8) is 0 Å². The van der Waals surface area contributed by atoms with E-state index in [4.69, 9.17) is 0 Å². The van der Waals surface area contributed by atoms with Crippen molar-refractivity contribution in [2.75, 3.05) is 25.0 Å². The molecule has 27 heavy (non-hydrogen) atoms. The molecular formula is C20H19N3O3S. The lowest BCUT2D eigenvalue weighted by Crippen LogP contribution is -2.59. The zero-order chi connectivity index (χ0) is 18.5. The first-order chi connectivity index (χ1) is 13.1. The van der Waals surface area contributed by atoms with Gasteiger partial charge in [-0.2, -0.15) is 0 Å². The van der Waals surface area contributed by atoms with Gasteiger partial charge >= 0.3 is 0 Å². The normalized spacial score (nSPS) is 22.0. The highest BCUT2D eigenvalue weighted by molar-refractivity contribution is 7.13. The van der Waals surface area contributed by atoms with E-state index in [0.717, 1.165) is 23.3 Å². The molecule has 0 spiro atoms. The lowest BCUT2D eigenvalue weighted by molar-refractivity contribution is -0.136. The van der Waals surface area contributed by atoms with Crippen LogP contribution in [-0.4, -0.2) is 53.2 Å². The predicted octanol–water partition coefficient (Wildman–Crippen LogP) is 2.43. The van der Waals surface area contributed by atoms with Crippen LogP contribution in [0.2, 0.25) is 0 Å². The maximum Gasteiger partial charge on any atom is 0.256 e.